The zero-order chi connectivity index (χ0) is 15.5. The number of benzene rings is 1. The monoisotopic (exact) mass is 328 g/mol. The summed E-state index contributed by atoms with van der Waals surface area (Å²) in [7, 11) is -1.11. The summed E-state index contributed by atoms with van der Waals surface area (Å²) in [5.41, 5.74) is 0. The number of nitrogens with one attached hydrogen (secondary N) is 1. The van der Waals surface area contributed by atoms with E-state index in [2.05, 4.69) is 9.71 Å². The summed E-state index contributed by atoms with van der Waals surface area (Å²) in [6, 6.07) is 7.56. The predicted octanol–water partition coefficient (Wildman–Crippen LogP) is 2.55. The first-order valence-electron chi connectivity index (χ1n) is 5.83. The molecule has 0 bridgehead atoms. The Hall–Kier alpha value is -1.99. The molecule has 0 aliphatic carbocycles. The van der Waals surface area contributed by atoms with E-state index in [0.717, 1.165) is 0 Å². The largest absolute Gasteiger partial charge is 0.495 e. The molecule has 1 N–H and O–H groups in total. The molecular formula is C13H13ClN2O4S. The molecule has 2 rings (SSSR count). The third-order valence-electron chi connectivity index (χ3n) is 2.64. The molecule has 0 spiro atoms. The van der Waals surface area contributed by atoms with Crippen LogP contribution in [0.5, 0.6) is 11.5 Å². The molecule has 0 radical (unpaired) electrons. The minimum Gasteiger partial charge on any atom is -0.495 e. The normalized spacial score (nSPS) is 11.0. The van der Waals surface area contributed by atoms with Crippen LogP contribution in [0.3, 0.4) is 0 Å². The average molecular weight is 329 g/mol. The van der Waals surface area contributed by atoms with Crippen molar-refractivity contribution >= 4 is 27.4 Å². The first-order valence-corrected chi connectivity index (χ1v) is 7.69. The van der Waals surface area contributed by atoms with Gasteiger partial charge in [0.15, 0.2) is 11.6 Å². The number of rotatable bonds is 5. The number of nitrogens with zero attached hydrogens (tertiary/aromatic N) is 1. The van der Waals surface area contributed by atoms with Gasteiger partial charge in [-0.15, -0.1) is 0 Å². The lowest BCUT2D eigenvalue weighted by atomic mass is 10.3. The number of aromatic nitrogens is 1. The maximum atomic E-state index is 12.5. The smallest absolute Gasteiger partial charge is 0.266 e. The third-order valence-corrected chi connectivity index (χ3v) is 4.23. The fraction of sp³-hybridized carbons (Fsp3) is 0.154. The Balaban J connectivity index is 2.46. The van der Waals surface area contributed by atoms with Crippen LogP contribution in [-0.4, -0.2) is 27.6 Å². The van der Waals surface area contributed by atoms with Crippen LogP contribution in [0.2, 0.25) is 5.02 Å². The average Bonchev–Trinajstić information content (AvgIpc) is 2.47. The standard InChI is InChI=1S/C13H13ClN2O4S/c1-19-10-6-5-9(14)8-12(10)21(17,18)16-13-11(20-2)4-3-7-15-13/h3-8H,1-2H3,(H,15,16). The minimum absolute atomic E-state index is 0.0785. The molecule has 0 unspecified atom stereocenters. The molecule has 1 aromatic carbocycles. The molecule has 2 aromatic rings. The molecule has 8 heteroatoms. The van der Waals surface area contributed by atoms with Gasteiger partial charge in [-0.1, -0.05) is 11.6 Å². The predicted molar refractivity (Wildman–Crippen MR) is 79.6 cm³/mol. The van der Waals surface area contributed by atoms with Crippen molar-refractivity contribution < 1.29 is 17.9 Å². The molecule has 0 saturated carbocycles. The number of methoxy groups -OCH3 is 2. The Kier molecular flexibility index (Phi) is 4.54. The zero-order valence-electron chi connectivity index (χ0n) is 11.3. The van der Waals surface area contributed by atoms with Gasteiger partial charge in [-0.25, -0.2) is 13.4 Å². The highest BCUT2D eigenvalue weighted by atomic mass is 35.5. The van der Waals surface area contributed by atoms with E-state index >= 15 is 0 Å². The second-order valence-corrected chi connectivity index (χ2v) is 6.04. The van der Waals surface area contributed by atoms with Crippen LogP contribution in [0.1, 0.15) is 0 Å². The summed E-state index contributed by atoms with van der Waals surface area (Å²) < 4.78 is 37.4. The Bertz CT molecular complexity index is 750. The molecule has 0 fully saturated rings. The van der Waals surface area contributed by atoms with E-state index in [4.69, 9.17) is 21.1 Å². The number of pyridine rings is 1. The Morgan fingerprint density at radius 1 is 1.14 bits per heavy atom. The summed E-state index contributed by atoms with van der Waals surface area (Å²) >= 11 is 5.85. The molecule has 1 heterocycles. The topological polar surface area (TPSA) is 77.5 Å². The lowest BCUT2D eigenvalue weighted by Crippen LogP contribution is -2.15. The first-order chi connectivity index (χ1) is 9.97. The van der Waals surface area contributed by atoms with E-state index in [1.165, 1.54) is 32.5 Å². The lowest BCUT2D eigenvalue weighted by Gasteiger charge is -2.13. The van der Waals surface area contributed by atoms with Gasteiger partial charge in [-0.05, 0) is 30.3 Å². The quantitative estimate of drug-likeness (QED) is 0.912. The lowest BCUT2D eigenvalue weighted by molar-refractivity contribution is 0.403. The molecule has 6 nitrogen and oxygen atoms in total. The van der Waals surface area contributed by atoms with Crippen LogP contribution < -0.4 is 14.2 Å². The maximum absolute atomic E-state index is 12.5. The first kappa shape index (κ1) is 15.4. The van der Waals surface area contributed by atoms with Crippen LogP contribution in [0.25, 0.3) is 0 Å². The zero-order valence-corrected chi connectivity index (χ0v) is 12.9. The van der Waals surface area contributed by atoms with Crippen molar-refractivity contribution in [2.24, 2.45) is 0 Å². The van der Waals surface area contributed by atoms with E-state index in [1.54, 1.807) is 18.2 Å². The van der Waals surface area contributed by atoms with Gasteiger partial charge in [0, 0.05) is 11.2 Å². The van der Waals surface area contributed by atoms with Crippen LogP contribution in [-0.2, 0) is 10.0 Å². The van der Waals surface area contributed by atoms with Crippen LogP contribution >= 0.6 is 11.6 Å². The van der Waals surface area contributed by atoms with Crippen molar-refractivity contribution in [1.29, 1.82) is 0 Å². The second kappa shape index (κ2) is 6.19. The molecule has 0 saturated heterocycles. The molecule has 0 aliphatic heterocycles. The van der Waals surface area contributed by atoms with Crippen molar-refractivity contribution in [1.82, 2.24) is 4.98 Å². The molecule has 112 valence electrons. The molecule has 21 heavy (non-hydrogen) atoms. The van der Waals surface area contributed by atoms with Gasteiger partial charge in [0.25, 0.3) is 10.0 Å². The summed E-state index contributed by atoms with van der Waals surface area (Å²) in [6.45, 7) is 0. The Labute approximate surface area is 127 Å². The number of sulfonamides is 1. The van der Waals surface area contributed by atoms with E-state index < -0.39 is 10.0 Å². The van der Waals surface area contributed by atoms with Gasteiger partial charge in [0.05, 0.1) is 14.2 Å². The van der Waals surface area contributed by atoms with Crippen LogP contribution in [0.15, 0.2) is 41.4 Å². The van der Waals surface area contributed by atoms with Crippen molar-refractivity contribution in [3.63, 3.8) is 0 Å². The molecule has 1 aromatic heterocycles. The minimum atomic E-state index is -3.91. The summed E-state index contributed by atoms with van der Waals surface area (Å²) in [5, 5.41) is 0.282. The SMILES string of the molecule is COc1ccc(Cl)cc1S(=O)(=O)Nc1ncccc1OC. The van der Waals surface area contributed by atoms with Gasteiger partial charge in [0.1, 0.15) is 10.6 Å². The van der Waals surface area contributed by atoms with Crippen molar-refractivity contribution in [3.05, 3.63) is 41.6 Å². The van der Waals surface area contributed by atoms with Gasteiger partial charge >= 0.3 is 0 Å². The molecule has 0 amide bonds. The fourth-order valence-electron chi connectivity index (χ4n) is 1.67. The third kappa shape index (κ3) is 3.37. The highest BCUT2D eigenvalue weighted by molar-refractivity contribution is 7.92. The fourth-order valence-corrected chi connectivity index (χ4v) is 3.13. The number of halogens is 1. The molecular weight excluding hydrogens is 316 g/mol. The van der Waals surface area contributed by atoms with E-state index in [0.29, 0.717) is 5.75 Å². The van der Waals surface area contributed by atoms with E-state index in [1.807, 2.05) is 0 Å². The van der Waals surface area contributed by atoms with Crippen molar-refractivity contribution in [2.75, 3.05) is 18.9 Å². The number of ether oxygens (including phenoxy) is 2. The van der Waals surface area contributed by atoms with Gasteiger partial charge in [0.2, 0.25) is 0 Å². The molecule has 0 atom stereocenters. The van der Waals surface area contributed by atoms with Crippen molar-refractivity contribution in [2.45, 2.75) is 4.90 Å². The van der Waals surface area contributed by atoms with Gasteiger partial charge in [-0.3, -0.25) is 4.72 Å². The Morgan fingerprint density at radius 3 is 2.52 bits per heavy atom. The Morgan fingerprint density at radius 2 is 1.86 bits per heavy atom. The van der Waals surface area contributed by atoms with Gasteiger partial charge in [-0.2, -0.15) is 0 Å². The van der Waals surface area contributed by atoms with E-state index in [-0.39, 0.29) is 21.5 Å². The van der Waals surface area contributed by atoms with Gasteiger partial charge < -0.3 is 9.47 Å². The summed E-state index contributed by atoms with van der Waals surface area (Å²) in [4.78, 5) is 3.87. The highest BCUT2D eigenvalue weighted by Gasteiger charge is 2.22. The highest BCUT2D eigenvalue weighted by Crippen LogP contribution is 2.30. The molecule has 0 aliphatic rings. The van der Waals surface area contributed by atoms with Crippen molar-refractivity contribution in [3.8, 4) is 11.5 Å². The van der Waals surface area contributed by atoms with E-state index in [9.17, 15) is 8.42 Å². The van der Waals surface area contributed by atoms with Crippen LogP contribution in [0.4, 0.5) is 5.82 Å². The number of anilines is 1. The second-order valence-electron chi connectivity index (χ2n) is 3.95. The maximum Gasteiger partial charge on any atom is 0.266 e. The number of hydrogen-bond donors (Lipinski definition) is 1. The van der Waals surface area contributed by atoms with Crippen LogP contribution in [0, 0.1) is 0 Å². The number of hydrogen-bond acceptors (Lipinski definition) is 5. The summed E-state index contributed by atoms with van der Waals surface area (Å²) in [5.74, 6) is 0.575. The summed E-state index contributed by atoms with van der Waals surface area (Å²) in [6.07, 6.45) is 1.45.